The highest BCUT2D eigenvalue weighted by atomic mass is 32.1. The molecule has 0 aliphatic carbocycles. The fourth-order valence-electron chi connectivity index (χ4n) is 2.35. The highest BCUT2D eigenvalue weighted by Gasteiger charge is 2.21. The lowest BCUT2D eigenvalue weighted by Gasteiger charge is -2.33. The predicted octanol–water partition coefficient (Wildman–Crippen LogP) is 3.22. The van der Waals surface area contributed by atoms with E-state index in [1.807, 2.05) is 4.90 Å². The van der Waals surface area contributed by atoms with Gasteiger partial charge in [-0.05, 0) is 45.7 Å². The zero-order valence-corrected chi connectivity index (χ0v) is 13.5. The van der Waals surface area contributed by atoms with E-state index < -0.39 is 0 Å². The van der Waals surface area contributed by atoms with Gasteiger partial charge in [-0.3, -0.25) is 9.69 Å². The normalized spacial score (nSPS) is 11.6. The van der Waals surface area contributed by atoms with E-state index in [9.17, 15) is 4.79 Å². The fourth-order valence-corrected chi connectivity index (χ4v) is 3.09. The zero-order valence-electron chi connectivity index (χ0n) is 12.7. The topological polar surface area (TPSA) is 23.6 Å². The van der Waals surface area contributed by atoms with Gasteiger partial charge in [0.1, 0.15) is 0 Å². The van der Waals surface area contributed by atoms with Gasteiger partial charge in [-0.25, -0.2) is 0 Å². The molecule has 0 radical (unpaired) electrons. The van der Waals surface area contributed by atoms with Crippen LogP contribution < -0.4 is 0 Å². The molecule has 1 rings (SSSR count). The lowest BCUT2D eigenvalue weighted by molar-refractivity contribution is -0.136. The number of amides is 1. The van der Waals surface area contributed by atoms with Crippen LogP contribution in [0.15, 0.2) is 17.5 Å². The van der Waals surface area contributed by atoms with Gasteiger partial charge >= 0.3 is 0 Å². The van der Waals surface area contributed by atoms with Crippen molar-refractivity contribution in [2.24, 2.45) is 0 Å². The summed E-state index contributed by atoms with van der Waals surface area (Å²) in [5, 5.41) is 2.08. The van der Waals surface area contributed by atoms with Crippen molar-refractivity contribution in [1.29, 1.82) is 0 Å². The van der Waals surface area contributed by atoms with E-state index in [2.05, 4.69) is 57.0 Å². The molecule has 1 aromatic heterocycles. The summed E-state index contributed by atoms with van der Waals surface area (Å²) in [6.45, 7) is 12.7. The predicted molar refractivity (Wildman–Crippen MR) is 82.4 cm³/mol. The summed E-state index contributed by atoms with van der Waals surface area (Å²) in [5.41, 5.74) is 0. The molecule has 3 nitrogen and oxygen atoms in total. The quantitative estimate of drug-likeness (QED) is 0.766. The van der Waals surface area contributed by atoms with Crippen LogP contribution in [0.1, 0.15) is 39.5 Å². The van der Waals surface area contributed by atoms with Crippen molar-refractivity contribution >= 4 is 17.2 Å². The Balaban J connectivity index is 2.61. The second-order valence-corrected chi connectivity index (χ2v) is 6.40. The van der Waals surface area contributed by atoms with E-state index in [0.717, 1.165) is 13.1 Å². The first-order valence-electron chi connectivity index (χ1n) is 7.01. The SMILES string of the molecule is CCN(CC(=O)N(C(C)C)C(C)C)Cc1cccs1. The van der Waals surface area contributed by atoms with Crippen LogP contribution in [0.5, 0.6) is 0 Å². The Bertz CT molecular complexity index is 366. The highest BCUT2D eigenvalue weighted by molar-refractivity contribution is 7.09. The first-order valence-corrected chi connectivity index (χ1v) is 7.89. The van der Waals surface area contributed by atoms with Gasteiger partial charge in [0.2, 0.25) is 5.91 Å². The summed E-state index contributed by atoms with van der Waals surface area (Å²) in [6.07, 6.45) is 0. The zero-order chi connectivity index (χ0) is 14.4. The van der Waals surface area contributed by atoms with Crippen molar-refractivity contribution in [1.82, 2.24) is 9.80 Å². The van der Waals surface area contributed by atoms with Crippen molar-refractivity contribution in [3.05, 3.63) is 22.4 Å². The number of carbonyl (C=O) groups excluding carboxylic acids is 1. The van der Waals surface area contributed by atoms with E-state index in [1.165, 1.54) is 4.88 Å². The fraction of sp³-hybridized carbons (Fsp3) is 0.667. The van der Waals surface area contributed by atoms with E-state index in [-0.39, 0.29) is 18.0 Å². The van der Waals surface area contributed by atoms with E-state index in [1.54, 1.807) is 11.3 Å². The molecule has 0 aromatic carbocycles. The molecule has 1 aromatic rings. The van der Waals surface area contributed by atoms with Crippen LogP contribution in [0.4, 0.5) is 0 Å². The Morgan fingerprint density at radius 1 is 1.26 bits per heavy atom. The molecule has 0 spiro atoms. The van der Waals surface area contributed by atoms with Gasteiger partial charge in [0.25, 0.3) is 0 Å². The maximum Gasteiger partial charge on any atom is 0.237 e. The van der Waals surface area contributed by atoms with Gasteiger partial charge in [0.05, 0.1) is 6.54 Å². The monoisotopic (exact) mass is 282 g/mol. The first kappa shape index (κ1) is 16.2. The molecule has 4 heteroatoms. The van der Waals surface area contributed by atoms with Crippen molar-refractivity contribution < 1.29 is 4.79 Å². The lowest BCUT2D eigenvalue weighted by atomic mass is 10.2. The summed E-state index contributed by atoms with van der Waals surface area (Å²) in [6, 6.07) is 4.70. The molecule has 1 heterocycles. The molecule has 0 atom stereocenters. The van der Waals surface area contributed by atoms with Crippen LogP contribution >= 0.6 is 11.3 Å². The summed E-state index contributed by atoms with van der Waals surface area (Å²) in [4.78, 5) is 17.9. The molecule has 0 aliphatic heterocycles. The van der Waals surface area contributed by atoms with Gasteiger partial charge in [-0.15, -0.1) is 11.3 Å². The molecule has 0 saturated carbocycles. The maximum absolute atomic E-state index is 12.4. The van der Waals surface area contributed by atoms with Crippen molar-refractivity contribution in [3.63, 3.8) is 0 Å². The second kappa shape index (κ2) is 7.65. The summed E-state index contributed by atoms with van der Waals surface area (Å²) in [5.74, 6) is 0.225. The van der Waals surface area contributed by atoms with Gasteiger partial charge in [0.15, 0.2) is 0 Å². The molecule has 0 saturated heterocycles. The van der Waals surface area contributed by atoms with Crippen LogP contribution in [-0.4, -0.2) is 40.9 Å². The Kier molecular flexibility index (Phi) is 6.52. The van der Waals surface area contributed by atoms with Gasteiger partial charge in [-0.2, -0.15) is 0 Å². The van der Waals surface area contributed by atoms with E-state index in [0.29, 0.717) is 6.54 Å². The Hall–Kier alpha value is -0.870. The molecule has 0 N–H and O–H groups in total. The van der Waals surface area contributed by atoms with Crippen LogP contribution in [0.2, 0.25) is 0 Å². The first-order chi connectivity index (χ1) is 8.95. The van der Waals surface area contributed by atoms with Crippen LogP contribution in [0.25, 0.3) is 0 Å². The number of rotatable bonds is 7. The largest absolute Gasteiger partial charge is 0.337 e. The highest BCUT2D eigenvalue weighted by Crippen LogP contribution is 2.13. The van der Waals surface area contributed by atoms with Gasteiger partial charge in [-0.1, -0.05) is 13.0 Å². The summed E-state index contributed by atoms with van der Waals surface area (Å²) < 4.78 is 0. The number of carbonyl (C=O) groups is 1. The standard InChI is InChI=1S/C15H26N2OS/c1-6-16(10-14-8-7-9-19-14)11-15(18)17(12(2)3)13(4)5/h7-9,12-13H,6,10-11H2,1-5H3. The van der Waals surface area contributed by atoms with Crippen molar-refractivity contribution in [2.75, 3.05) is 13.1 Å². The second-order valence-electron chi connectivity index (χ2n) is 5.37. The smallest absolute Gasteiger partial charge is 0.237 e. The average molecular weight is 282 g/mol. The molecular weight excluding hydrogens is 256 g/mol. The molecular formula is C15H26N2OS. The van der Waals surface area contributed by atoms with Crippen molar-refractivity contribution in [2.45, 2.75) is 53.2 Å². The third kappa shape index (κ3) is 4.96. The number of hydrogen-bond donors (Lipinski definition) is 0. The molecule has 108 valence electrons. The van der Waals surface area contributed by atoms with E-state index >= 15 is 0 Å². The molecule has 0 bridgehead atoms. The minimum atomic E-state index is 0.225. The Morgan fingerprint density at radius 2 is 1.89 bits per heavy atom. The number of hydrogen-bond acceptors (Lipinski definition) is 3. The molecule has 0 fully saturated rings. The summed E-state index contributed by atoms with van der Waals surface area (Å²) >= 11 is 1.75. The Labute approximate surface area is 121 Å². The third-order valence-corrected chi connectivity index (χ3v) is 4.03. The lowest BCUT2D eigenvalue weighted by Crippen LogP contribution is -2.47. The van der Waals surface area contributed by atoms with E-state index in [4.69, 9.17) is 0 Å². The average Bonchev–Trinajstić information content (AvgIpc) is 2.79. The molecule has 0 aliphatic rings. The molecule has 0 unspecified atom stereocenters. The minimum Gasteiger partial charge on any atom is -0.337 e. The van der Waals surface area contributed by atoms with Gasteiger partial charge < -0.3 is 4.90 Å². The number of thiophene rings is 1. The van der Waals surface area contributed by atoms with Crippen LogP contribution in [-0.2, 0) is 11.3 Å². The maximum atomic E-state index is 12.4. The Morgan fingerprint density at radius 3 is 2.32 bits per heavy atom. The molecule has 19 heavy (non-hydrogen) atoms. The summed E-state index contributed by atoms with van der Waals surface area (Å²) in [7, 11) is 0. The van der Waals surface area contributed by atoms with Crippen molar-refractivity contribution in [3.8, 4) is 0 Å². The number of likely N-dealkylation sites (N-methyl/N-ethyl adjacent to an activating group) is 1. The van der Waals surface area contributed by atoms with Crippen LogP contribution in [0.3, 0.4) is 0 Å². The molecule has 1 amide bonds. The third-order valence-electron chi connectivity index (χ3n) is 3.17. The minimum absolute atomic E-state index is 0.225. The van der Waals surface area contributed by atoms with Crippen LogP contribution in [0, 0.1) is 0 Å². The van der Waals surface area contributed by atoms with Gasteiger partial charge in [0, 0.05) is 23.5 Å². The number of nitrogens with zero attached hydrogens (tertiary/aromatic N) is 2.